The fraction of sp³-hybridized carbons (Fsp3) is 0.562. The zero-order chi connectivity index (χ0) is 14.5. The van der Waals surface area contributed by atoms with Gasteiger partial charge in [0.15, 0.2) is 0 Å². The van der Waals surface area contributed by atoms with Crippen molar-refractivity contribution in [1.29, 1.82) is 0 Å². The standard InChI is InChI=1S/C16H24N2O2.ClH/c1-13-4-3-5-14(10-13)11-18-8-6-15(7-9-18)17(2)12-16(19)20;/h3-5,10,15H,6-9,11-12H2,1-2H3,(H,19,20);1H. The molecule has 1 aromatic carbocycles. The Morgan fingerprint density at radius 3 is 2.62 bits per heavy atom. The normalized spacial score (nSPS) is 16.7. The maximum Gasteiger partial charge on any atom is 0.317 e. The Bertz CT molecular complexity index is 459. The Morgan fingerprint density at radius 2 is 2.05 bits per heavy atom. The highest BCUT2D eigenvalue weighted by Crippen LogP contribution is 2.17. The van der Waals surface area contributed by atoms with Crippen LogP contribution in [0.15, 0.2) is 24.3 Å². The molecule has 21 heavy (non-hydrogen) atoms. The minimum atomic E-state index is -0.741. The van der Waals surface area contributed by atoms with Gasteiger partial charge in [0, 0.05) is 12.6 Å². The molecule has 1 heterocycles. The van der Waals surface area contributed by atoms with Crippen molar-refractivity contribution in [3.63, 3.8) is 0 Å². The number of carboxylic acids is 1. The maximum atomic E-state index is 10.7. The van der Waals surface area contributed by atoms with Gasteiger partial charge in [-0.25, -0.2) is 0 Å². The van der Waals surface area contributed by atoms with Gasteiger partial charge in [-0.2, -0.15) is 0 Å². The van der Waals surface area contributed by atoms with Crippen LogP contribution in [-0.2, 0) is 11.3 Å². The third kappa shape index (κ3) is 5.65. The van der Waals surface area contributed by atoms with Crippen molar-refractivity contribution >= 4 is 18.4 Å². The molecule has 4 nitrogen and oxygen atoms in total. The smallest absolute Gasteiger partial charge is 0.317 e. The zero-order valence-electron chi connectivity index (χ0n) is 12.8. The van der Waals surface area contributed by atoms with E-state index < -0.39 is 5.97 Å². The fourth-order valence-corrected chi connectivity index (χ4v) is 2.93. The first-order chi connectivity index (χ1) is 9.54. The van der Waals surface area contributed by atoms with E-state index in [9.17, 15) is 4.79 Å². The van der Waals surface area contributed by atoms with Crippen molar-refractivity contribution in [3.8, 4) is 0 Å². The molecule has 1 aliphatic heterocycles. The number of rotatable bonds is 5. The topological polar surface area (TPSA) is 43.8 Å². The highest BCUT2D eigenvalue weighted by molar-refractivity contribution is 5.85. The van der Waals surface area contributed by atoms with E-state index in [-0.39, 0.29) is 19.0 Å². The number of likely N-dealkylation sites (tertiary alicyclic amines) is 1. The third-order valence-electron chi connectivity index (χ3n) is 4.05. The van der Waals surface area contributed by atoms with Crippen LogP contribution < -0.4 is 0 Å². The van der Waals surface area contributed by atoms with Crippen LogP contribution in [0, 0.1) is 6.92 Å². The van der Waals surface area contributed by atoms with E-state index in [1.165, 1.54) is 11.1 Å². The maximum absolute atomic E-state index is 10.7. The first-order valence-electron chi connectivity index (χ1n) is 7.24. The SMILES string of the molecule is Cc1cccc(CN2CCC(N(C)CC(=O)O)CC2)c1.Cl. The number of halogens is 1. The van der Waals surface area contributed by atoms with Crippen molar-refractivity contribution in [2.75, 3.05) is 26.7 Å². The van der Waals surface area contributed by atoms with Gasteiger partial charge in [0.1, 0.15) is 0 Å². The minimum absolute atomic E-state index is 0. The van der Waals surface area contributed by atoms with Gasteiger partial charge >= 0.3 is 5.97 Å². The van der Waals surface area contributed by atoms with Crippen molar-refractivity contribution < 1.29 is 9.90 Å². The second-order valence-corrected chi connectivity index (χ2v) is 5.81. The summed E-state index contributed by atoms with van der Waals surface area (Å²) in [6.07, 6.45) is 2.10. The van der Waals surface area contributed by atoms with E-state index in [0.29, 0.717) is 6.04 Å². The molecule has 0 saturated carbocycles. The van der Waals surface area contributed by atoms with Crippen LogP contribution in [0.4, 0.5) is 0 Å². The molecule has 0 aliphatic carbocycles. The summed E-state index contributed by atoms with van der Waals surface area (Å²) in [6, 6.07) is 9.05. The van der Waals surface area contributed by atoms with E-state index in [1.54, 1.807) is 0 Å². The molecule has 118 valence electrons. The van der Waals surface area contributed by atoms with Gasteiger partial charge in [-0.05, 0) is 45.5 Å². The first-order valence-corrected chi connectivity index (χ1v) is 7.24. The highest BCUT2D eigenvalue weighted by atomic mass is 35.5. The lowest BCUT2D eigenvalue weighted by molar-refractivity contribution is -0.138. The predicted octanol–water partition coefficient (Wildman–Crippen LogP) is 2.40. The lowest BCUT2D eigenvalue weighted by Crippen LogP contribution is -2.44. The molecule has 1 fully saturated rings. The Kier molecular flexibility index (Phi) is 7.15. The molecular formula is C16H25ClN2O2. The summed E-state index contributed by atoms with van der Waals surface area (Å²) < 4.78 is 0. The Hall–Kier alpha value is -1.10. The Labute approximate surface area is 133 Å². The Morgan fingerprint density at radius 1 is 1.38 bits per heavy atom. The molecule has 1 saturated heterocycles. The molecule has 1 aliphatic rings. The largest absolute Gasteiger partial charge is 0.480 e. The predicted molar refractivity (Wildman–Crippen MR) is 87.0 cm³/mol. The van der Waals surface area contributed by atoms with E-state index >= 15 is 0 Å². The van der Waals surface area contributed by atoms with Crippen molar-refractivity contribution in [2.24, 2.45) is 0 Å². The summed E-state index contributed by atoms with van der Waals surface area (Å²) >= 11 is 0. The molecule has 5 heteroatoms. The van der Waals surface area contributed by atoms with Crippen LogP contribution in [-0.4, -0.2) is 53.6 Å². The lowest BCUT2D eigenvalue weighted by Gasteiger charge is -2.36. The van der Waals surface area contributed by atoms with E-state index in [4.69, 9.17) is 5.11 Å². The average Bonchev–Trinajstić information content (AvgIpc) is 2.38. The van der Waals surface area contributed by atoms with Crippen LogP contribution >= 0.6 is 12.4 Å². The number of piperidine rings is 1. The molecule has 0 spiro atoms. The fourth-order valence-electron chi connectivity index (χ4n) is 2.93. The molecule has 1 aromatic rings. The molecule has 0 aromatic heterocycles. The highest BCUT2D eigenvalue weighted by Gasteiger charge is 2.23. The molecule has 0 bridgehead atoms. The van der Waals surface area contributed by atoms with Gasteiger partial charge in [0.25, 0.3) is 0 Å². The number of carbonyl (C=O) groups is 1. The molecule has 0 atom stereocenters. The van der Waals surface area contributed by atoms with Crippen LogP contribution in [0.2, 0.25) is 0 Å². The first kappa shape index (κ1) is 18.0. The van der Waals surface area contributed by atoms with E-state index in [1.807, 2.05) is 11.9 Å². The number of carboxylic acid groups (broad SMARTS) is 1. The molecule has 2 rings (SSSR count). The third-order valence-corrected chi connectivity index (χ3v) is 4.05. The lowest BCUT2D eigenvalue weighted by atomic mass is 10.0. The van der Waals surface area contributed by atoms with Crippen molar-refractivity contribution in [2.45, 2.75) is 32.4 Å². The van der Waals surface area contributed by atoms with Crippen LogP contribution in [0.5, 0.6) is 0 Å². The number of aliphatic carboxylic acids is 1. The number of benzene rings is 1. The summed E-state index contributed by atoms with van der Waals surface area (Å²) in [6.45, 7) is 5.35. The van der Waals surface area contributed by atoms with Crippen molar-refractivity contribution in [1.82, 2.24) is 9.80 Å². The van der Waals surface area contributed by atoms with Gasteiger partial charge in [0.05, 0.1) is 6.54 Å². The molecule has 0 amide bonds. The summed E-state index contributed by atoms with van der Waals surface area (Å²) in [5.41, 5.74) is 2.67. The summed E-state index contributed by atoms with van der Waals surface area (Å²) in [5, 5.41) is 8.84. The van der Waals surface area contributed by atoms with Gasteiger partial charge in [-0.15, -0.1) is 12.4 Å². The van der Waals surface area contributed by atoms with E-state index in [2.05, 4.69) is 36.1 Å². The van der Waals surface area contributed by atoms with Gasteiger partial charge < -0.3 is 5.11 Å². The minimum Gasteiger partial charge on any atom is -0.480 e. The van der Waals surface area contributed by atoms with Gasteiger partial charge in [-0.1, -0.05) is 29.8 Å². The quantitative estimate of drug-likeness (QED) is 0.906. The number of aryl methyl sites for hydroxylation is 1. The summed E-state index contributed by atoms with van der Waals surface area (Å²) in [7, 11) is 1.91. The number of hydrogen-bond donors (Lipinski definition) is 1. The van der Waals surface area contributed by atoms with Gasteiger partial charge in [0.2, 0.25) is 0 Å². The number of likely N-dealkylation sites (N-methyl/N-ethyl adjacent to an activating group) is 1. The monoisotopic (exact) mass is 312 g/mol. The Balaban J connectivity index is 0.00000220. The van der Waals surface area contributed by atoms with E-state index in [0.717, 1.165) is 32.5 Å². The second kappa shape index (κ2) is 8.37. The van der Waals surface area contributed by atoms with Crippen LogP contribution in [0.25, 0.3) is 0 Å². The van der Waals surface area contributed by atoms with Crippen LogP contribution in [0.3, 0.4) is 0 Å². The molecule has 1 N–H and O–H groups in total. The van der Waals surface area contributed by atoms with Crippen molar-refractivity contribution in [3.05, 3.63) is 35.4 Å². The number of nitrogens with zero attached hydrogens (tertiary/aromatic N) is 2. The zero-order valence-corrected chi connectivity index (χ0v) is 13.6. The summed E-state index contributed by atoms with van der Waals surface area (Å²) in [4.78, 5) is 15.2. The molecular weight excluding hydrogens is 288 g/mol. The summed E-state index contributed by atoms with van der Waals surface area (Å²) in [5.74, 6) is -0.741. The molecule has 0 radical (unpaired) electrons. The van der Waals surface area contributed by atoms with Crippen LogP contribution in [0.1, 0.15) is 24.0 Å². The van der Waals surface area contributed by atoms with Gasteiger partial charge in [-0.3, -0.25) is 14.6 Å². The molecule has 0 unspecified atom stereocenters. The number of hydrogen-bond acceptors (Lipinski definition) is 3. The second-order valence-electron chi connectivity index (χ2n) is 5.81. The average molecular weight is 313 g/mol.